The summed E-state index contributed by atoms with van der Waals surface area (Å²) in [5.74, 6) is 0.120. The standard InChI is InChI=1S/C36H62O10/c1-30(2)21-9-13-33(6)22(32(21,5)12-10-23(30)45-29-27(41)26(40)25(39)20(18-37)44-29)17-19(38)28-34(33,7)15-16-36(28,43)35(8)14-11-24(46-35)31(3,4)42/h19-29,37-43H,9-18H2,1-8H3/t19-,20-,21+,22-,23-,24-,25-,26+,27-,28+,29+,32+,33-,34-,35+,36-/m1/s1. The molecule has 10 nitrogen and oxygen atoms in total. The summed E-state index contributed by atoms with van der Waals surface area (Å²) in [5, 5.41) is 76.6. The lowest BCUT2D eigenvalue weighted by Crippen LogP contribution is -2.70. The Morgan fingerprint density at radius 1 is 0.783 bits per heavy atom. The predicted molar refractivity (Wildman–Crippen MR) is 169 cm³/mol. The van der Waals surface area contributed by atoms with Gasteiger partial charge in [-0.1, -0.05) is 34.6 Å². The van der Waals surface area contributed by atoms with Crippen LogP contribution in [-0.2, 0) is 14.2 Å². The lowest BCUT2D eigenvalue weighted by atomic mass is 9.35. The molecule has 4 aliphatic carbocycles. The fraction of sp³-hybridized carbons (Fsp3) is 1.00. The number of rotatable bonds is 5. The Kier molecular flexibility index (Phi) is 8.51. The van der Waals surface area contributed by atoms with E-state index in [-0.39, 0.29) is 51.6 Å². The summed E-state index contributed by atoms with van der Waals surface area (Å²) in [6, 6.07) is 0. The number of aliphatic hydroxyl groups excluding tert-OH is 5. The Bertz CT molecular complexity index is 1160. The molecule has 2 heterocycles. The zero-order valence-electron chi connectivity index (χ0n) is 29.3. The summed E-state index contributed by atoms with van der Waals surface area (Å²) in [6.07, 6.45) is -1.14. The molecule has 6 rings (SSSR count). The summed E-state index contributed by atoms with van der Waals surface area (Å²) < 4.78 is 18.7. The van der Waals surface area contributed by atoms with Crippen LogP contribution < -0.4 is 0 Å². The van der Waals surface area contributed by atoms with Gasteiger partial charge in [0, 0.05) is 5.92 Å². The van der Waals surface area contributed by atoms with Crippen molar-refractivity contribution in [2.24, 2.45) is 39.4 Å². The fourth-order valence-corrected chi connectivity index (χ4v) is 12.6. The predicted octanol–water partition coefficient (Wildman–Crippen LogP) is 2.65. The molecule has 0 unspecified atom stereocenters. The highest BCUT2D eigenvalue weighted by Gasteiger charge is 2.76. The Morgan fingerprint density at radius 3 is 2.07 bits per heavy atom. The quantitative estimate of drug-likeness (QED) is 0.219. The number of fused-ring (bicyclic) bond motifs is 5. The Balaban J connectivity index is 1.26. The summed E-state index contributed by atoms with van der Waals surface area (Å²) in [7, 11) is 0. The van der Waals surface area contributed by atoms with Gasteiger partial charge in [0.05, 0.1) is 41.7 Å². The monoisotopic (exact) mass is 654 g/mol. The Morgan fingerprint density at radius 2 is 1.46 bits per heavy atom. The molecule has 10 heteroatoms. The molecule has 7 N–H and O–H groups in total. The van der Waals surface area contributed by atoms with Crippen LogP contribution in [0.4, 0.5) is 0 Å². The van der Waals surface area contributed by atoms with E-state index in [1.54, 1.807) is 13.8 Å². The summed E-state index contributed by atoms with van der Waals surface area (Å²) in [5.41, 5.74) is -3.95. The molecule has 0 aromatic heterocycles. The van der Waals surface area contributed by atoms with Crippen molar-refractivity contribution in [1.29, 1.82) is 0 Å². The van der Waals surface area contributed by atoms with E-state index in [9.17, 15) is 35.7 Å². The van der Waals surface area contributed by atoms with Crippen molar-refractivity contribution in [1.82, 2.24) is 0 Å². The number of aliphatic hydroxyl groups is 7. The third-order valence-corrected chi connectivity index (χ3v) is 15.5. The Labute approximate surface area is 274 Å². The maximum absolute atomic E-state index is 12.7. The van der Waals surface area contributed by atoms with Crippen molar-refractivity contribution in [2.45, 2.75) is 179 Å². The second kappa shape index (κ2) is 11.0. The molecule has 2 saturated heterocycles. The van der Waals surface area contributed by atoms with Crippen LogP contribution in [0.2, 0.25) is 0 Å². The minimum atomic E-state index is -1.48. The molecule has 0 amide bonds. The molecule has 6 aliphatic rings. The minimum absolute atomic E-state index is 0.110. The van der Waals surface area contributed by atoms with Crippen molar-refractivity contribution in [3.05, 3.63) is 0 Å². The van der Waals surface area contributed by atoms with Crippen molar-refractivity contribution in [3.8, 4) is 0 Å². The van der Waals surface area contributed by atoms with E-state index in [0.29, 0.717) is 32.1 Å². The van der Waals surface area contributed by atoms with Gasteiger partial charge in [-0.25, -0.2) is 0 Å². The van der Waals surface area contributed by atoms with E-state index in [0.717, 1.165) is 25.7 Å². The number of ether oxygens (including phenoxy) is 3. The smallest absolute Gasteiger partial charge is 0.186 e. The first kappa shape index (κ1) is 35.4. The summed E-state index contributed by atoms with van der Waals surface area (Å²) >= 11 is 0. The molecule has 4 saturated carbocycles. The SMILES string of the molecule is CC(C)(O)[C@H]1CC[C@@](C)([C@@]2(O)CC[C@]3(C)[C@@H]2[C@H](O)C[C@@H]2[C@@]4(C)CC[C@@H](O[C@@H]5O[C@H](CO)[C@@H](O)[C@H](O)[C@H]5O)C(C)(C)[C@@H]4CC[C@]23C)O1. The largest absolute Gasteiger partial charge is 0.394 e. The molecule has 46 heavy (non-hydrogen) atoms. The van der Waals surface area contributed by atoms with Gasteiger partial charge < -0.3 is 50.0 Å². The van der Waals surface area contributed by atoms with Crippen molar-refractivity contribution in [3.63, 3.8) is 0 Å². The summed E-state index contributed by atoms with van der Waals surface area (Å²) in [4.78, 5) is 0. The lowest BCUT2D eigenvalue weighted by Gasteiger charge is -2.71. The third-order valence-electron chi connectivity index (χ3n) is 15.5. The molecule has 2 aliphatic heterocycles. The van der Waals surface area contributed by atoms with E-state index in [4.69, 9.17) is 14.2 Å². The van der Waals surface area contributed by atoms with Crippen LogP contribution in [0.5, 0.6) is 0 Å². The first-order valence-electron chi connectivity index (χ1n) is 17.9. The molecule has 0 aromatic carbocycles. The minimum Gasteiger partial charge on any atom is -0.394 e. The van der Waals surface area contributed by atoms with E-state index in [1.807, 2.05) is 6.92 Å². The van der Waals surface area contributed by atoms with Crippen LogP contribution in [-0.4, -0.2) is 108 Å². The number of hydrogen-bond donors (Lipinski definition) is 7. The maximum Gasteiger partial charge on any atom is 0.186 e. The van der Waals surface area contributed by atoms with Crippen LogP contribution in [0.25, 0.3) is 0 Å². The summed E-state index contributed by atoms with van der Waals surface area (Å²) in [6.45, 7) is 16.5. The van der Waals surface area contributed by atoms with Crippen LogP contribution >= 0.6 is 0 Å². The maximum atomic E-state index is 12.7. The van der Waals surface area contributed by atoms with Gasteiger partial charge in [-0.15, -0.1) is 0 Å². The topological polar surface area (TPSA) is 169 Å². The van der Waals surface area contributed by atoms with Gasteiger partial charge in [-0.2, -0.15) is 0 Å². The molecular formula is C36H62O10. The van der Waals surface area contributed by atoms with Crippen LogP contribution in [0.3, 0.4) is 0 Å². The molecule has 0 radical (unpaired) electrons. The zero-order chi connectivity index (χ0) is 34.0. The van der Waals surface area contributed by atoms with Crippen LogP contribution in [0, 0.1) is 39.4 Å². The molecule has 266 valence electrons. The second-order valence-electron chi connectivity index (χ2n) is 18.4. The fourth-order valence-electron chi connectivity index (χ4n) is 12.6. The second-order valence-corrected chi connectivity index (χ2v) is 18.4. The van der Waals surface area contributed by atoms with Crippen LogP contribution in [0.1, 0.15) is 113 Å². The van der Waals surface area contributed by atoms with E-state index < -0.39 is 60.2 Å². The number of hydrogen-bond acceptors (Lipinski definition) is 10. The molecular weight excluding hydrogens is 592 g/mol. The molecule has 0 bridgehead atoms. The Hall–Kier alpha value is -0.400. The van der Waals surface area contributed by atoms with Gasteiger partial charge in [0.2, 0.25) is 0 Å². The molecule has 0 aromatic rings. The highest BCUT2D eigenvalue weighted by atomic mass is 16.7. The van der Waals surface area contributed by atoms with Gasteiger partial charge in [0.25, 0.3) is 0 Å². The highest BCUT2D eigenvalue weighted by Crippen LogP contribution is 2.77. The molecule has 6 fully saturated rings. The van der Waals surface area contributed by atoms with E-state index in [2.05, 4.69) is 34.6 Å². The zero-order valence-corrected chi connectivity index (χ0v) is 29.3. The van der Waals surface area contributed by atoms with Crippen molar-refractivity contribution < 1.29 is 50.0 Å². The van der Waals surface area contributed by atoms with Gasteiger partial charge >= 0.3 is 0 Å². The van der Waals surface area contributed by atoms with Gasteiger partial charge in [-0.3, -0.25) is 0 Å². The highest BCUT2D eigenvalue weighted by molar-refractivity contribution is 5.25. The first-order chi connectivity index (χ1) is 21.1. The van der Waals surface area contributed by atoms with Crippen LogP contribution in [0.15, 0.2) is 0 Å². The van der Waals surface area contributed by atoms with E-state index >= 15 is 0 Å². The first-order valence-corrected chi connectivity index (χ1v) is 17.9. The molecule has 16 atom stereocenters. The average Bonchev–Trinajstić information content (AvgIpc) is 3.52. The third kappa shape index (κ3) is 4.71. The van der Waals surface area contributed by atoms with Crippen molar-refractivity contribution >= 4 is 0 Å². The molecule has 0 spiro atoms. The normalized spacial score (nSPS) is 57.1. The van der Waals surface area contributed by atoms with E-state index in [1.165, 1.54) is 0 Å². The van der Waals surface area contributed by atoms with Gasteiger partial charge in [0.1, 0.15) is 24.4 Å². The average molecular weight is 655 g/mol. The lowest BCUT2D eigenvalue weighted by molar-refractivity contribution is -0.333. The van der Waals surface area contributed by atoms with Gasteiger partial charge in [0.15, 0.2) is 6.29 Å². The van der Waals surface area contributed by atoms with Gasteiger partial charge in [-0.05, 0) is 112 Å². The van der Waals surface area contributed by atoms with Crippen molar-refractivity contribution in [2.75, 3.05) is 6.61 Å².